The molecule has 1 atom stereocenters. The van der Waals surface area contributed by atoms with E-state index in [1.807, 2.05) is 12.4 Å². The normalized spacial score (nSPS) is 12.9. The van der Waals surface area contributed by atoms with E-state index in [-0.39, 0.29) is 0 Å². The summed E-state index contributed by atoms with van der Waals surface area (Å²) in [6.45, 7) is 6.11. The minimum Gasteiger partial charge on any atom is -0.334 e. The third-order valence-corrected chi connectivity index (χ3v) is 3.73. The molecule has 0 aromatic carbocycles. The number of nitrogens with zero attached hydrogens (tertiary/aromatic N) is 2. The Balaban J connectivity index is 1.92. The van der Waals surface area contributed by atoms with Gasteiger partial charge in [0.1, 0.15) is 5.82 Å². The first-order chi connectivity index (χ1) is 7.81. The van der Waals surface area contributed by atoms with Gasteiger partial charge in [0.2, 0.25) is 0 Å². The largest absolute Gasteiger partial charge is 0.334 e. The van der Waals surface area contributed by atoms with Gasteiger partial charge in [-0.2, -0.15) is 0 Å². The molecular weight excluding hydrogens is 218 g/mol. The molecular formula is C12H17N3S. The predicted octanol–water partition coefficient (Wildman–Crippen LogP) is 2.82. The predicted molar refractivity (Wildman–Crippen MR) is 67.5 cm³/mol. The summed E-state index contributed by atoms with van der Waals surface area (Å²) in [6, 6.07) is 4.64. The van der Waals surface area contributed by atoms with Gasteiger partial charge < -0.3 is 9.88 Å². The maximum Gasteiger partial charge on any atom is 0.122 e. The maximum atomic E-state index is 4.34. The smallest absolute Gasteiger partial charge is 0.122 e. The second-order valence-corrected chi connectivity index (χ2v) is 4.73. The summed E-state index contributed by atoms with van der Waals surface area (Å²) < 4.78 is 2.16. The zero-order chi connectivity index (χ0) is 11.4. The number of rotatable bonds is 5. The van der Waals surface area contributed by atoms with Crippen LogP contribution in [0.25, 0.3) is 0 Å². The van der Waals surface area contributed by atoms with Crippen LogP contribution < -0.4 is 5.32 Å². The van der Waals surface area contributed by atoms with Gasteiger partial charge in [0.05, 0.1) is 6.54 Å². The Hall–Kier alpha value is -1.13. The molecule has 0 saturated carbocycles. The lowest BCUT2D eigenvalue weighted by atomic mass is 10.3. The molecule has 0 radical (unpaired) electrons. The first-order valence-electron chi connectivity index (χ1n) is 5.58. The summed E-state index contributed by atoms with van der Waals surface area (Å²) in [6.07, 6.45) is 3.88. The van der Waals surface area contributed by atoms with Crippen molar-refractivity contribution in [1.29, 1.82) is 0 Å². The molecule has 0 fully saturated rings. The van der Waals surface area contributed by atoms with Crippen molar-refractivity contribution in [3.05, 3.63) is 40.6 Å². The van der Waals surface area contributed by atoms with Crippen molar-refractivity contribution in [3.8, 4) is 0 Å². The van der Waals surface area contributed by atoms with Crippen molar-refractivity contribution in [2.75, 3.05) is 0 Å². The van der Waals surface area contributed by atoms with Crippen LogP contribution in [0.1, 0.15) is 30.6 Å². The number of hydrogen-bond acceptors (Lipinski definition) is 3. The molecule has 0 aliphatic rings. The molecule has 2 aromatic rings. The molecule has 0 unspecified atom stereocenters. The zero-order valence-corrected chi connectivity index (χ0v) is 10.5. The Morgan fingerprint density at radius 1 is 1.56 bits per heavy atom. The molecule has 0 aliphatic carbocycles. The van der Waals surface area contributed by atoms with Gasteiger partial charge in [0.15, 0.2) is 0 Å². The quantitative estimate of drug-likeness (QED) is 0.863. The van der Waals surface area contributed by atoms with Crippen LogP contribution in [-0.2, 0) is 13.1 Å². The number of hydrogen-bond donors (Lipinski definition) is 1. The monoisotopic (exact) mass is 235 g/mol. The van der Waals surface area contributed by atoms with Crippen LogP contribution in [0.5, 0.6) is 0 Å². The Bertz CT molecular complexity index is 419. The summed E-state index contributed by atoms with van der Waals surface area (Å²) in [5.74, 6) is 1.10. The fourth-order valence-electron chi connectivity index (χ4n) is 1.68. The molecule has 2 aromatic heterocycles. The van der Waals surface area contributed by atoms with Gasteiger partial charge in [-0.15, -0.1) is 11.3 Å². The van der Waals surface area contributed by atoms with Gasteiger partial charge in [0.25, 0.3) is 0 Å². The SMILES string of the molecule is CCn1ccnc1CN[C@@H](C)c1cccs1. The number of aryl methyl sites for hydroxylation is 1. The van der Waals surface area contributed by atoms with E-state index in [9.17, 15) is 0 Å². The van der Waals surface area contributed by atoms with Gasteiger partial charge in [-0.05, 0) is 25.3 Å². The molecule has 0 bridgehead atoms. The summed E-state index contributed by atoms with van der Waals surface area (Å²) in [4.78, 5) is 5.71. The second kappa shape index (κ2) is 5.27. The van der Waals surface area contributed by atoms with Crippen LogP contribution >= 0.6 is 11.3 Å². The lowest BCUT2D eigenvalue weighted by Crippen LogP contribution is -2.19. The first-order valence-corrected chi connectivity index (χ1v) is 6.46. The third kappa shape index (κ3) is 2.51. The van der Waals surface area contributed by atoms with Crippen molar-refractivity contribution >= 4 is 11.3 Å². The van der Waals surface area contributed by atoms with Crippen molar-refractivity contribution in [2.24, 2.45) is 0 Å². The number of thiophene rings is 1. The maximum absolute atomic E-state index is 4.34. The van der Waals surface area contributed by atoms with Crippen LogP contribution in [0.2, 0.25) is 0 Å². The lowest BCUT2D eigenvalue weighted by Gasteiger charge is -2.12. The highest BCUT2D eigenvalue weighted by Gasteiger charge is 2.07. The molecule has 0 spiro atoms. The Morgan fingerprint density at radius 2 is 2.44 bits per heavy atom. The van der Waals surface area contributed by atoms with E-state index >= 15 is 0 Å². The van der Waals surface area contributed by atoms with E-state index in [0.29, 0.717) is 6.04 Å². The topological polar surface area (TPSA) is 29.9 Å². The van der Waals surface area contributed by atoms with Gasteiger partial charge in [0, 0.05) is 29.9 Å². The molecule has 4 heteroatoms. The van der Waals surface area contributed by atoms with E-state index in [1.54, 1.807) is 11.3 Å². The molecule has 2 heterocycles. The van der Waals surface area contributed by atoms with Crippen molar-refractivity contribution in [3.63, 3.8) is 0 Å². The second-order valence-electron chi connectivity index (χ2n) is 3.75. The first kappa shape index (κ1) is 11.4. The Labute approximate surface area is 100 Å². The van der Waals surface area contributed by atoms with E-state index in [4.69, 9.17) is 0 Å². The average Bonchev–Trinajstić information content (AvgIpc) is 2.96. The van der Waals surface area contributed by atoms with Crippen LogP contribution in [0, 0.1) is 0 Å². The van der Waals surface area contributed by atoms with Crippen molar-refractivity contribution < 1.29 is 0 Å². The molecule has 0 saturated heterocycles. The Morgan fingerprint density at radius 3 is 3.12 bits per heavy atom. The molecule has 16 heavy (non-hydrogen) atoms. The van der Waals surface area contributed by atoms with E-state index in [2.05, 4.69) is 46.2 Å². The molecule has 86 valence electrons. The van der Waals surface area contributed by atoms with Gasteiger partial charge >= 0.3 is 0 Å². The van der Waals surface area contributed by atoms with Crippen LogP contribution in [-0.4, -0.2) is 9.55 Å². The third-order valence-electron chi connectivity index (χ3n) is 2.68. The minimum absolute atomic E-state index is 0.391. The number of imidazole rings is 1. The van der Waals surface area contributed by atoms with Crippen LogP contribution in [0.4, 0.5) is 0 Å². The van der Waals surface area contributed by atoms with Crippen LogP contribution in [0.3, 0.4) is 0 Å². The minimum atomic E-state index is 0.391. The average molecular weight is 235 g/mol. The Kier molecular flexibility index (Phi) is 3.74. The fourth-order valence-corrected chi connectivity index (χ4v) is 2.44. The summed E-state index contributed by atoms with van der Waals surface area (Å²) >= 11 is 1.79. The van der Waals surface area contributed by atoms with Gasteiger partial charge in [-0.1, -0.05) is 6.07 Å². The number of nitrogens with one attached hydrogen (secondary N) is 1. The number of aromatic nitrogens is 2. The summed E-state index contributed by atoms with van der Waals surface area (Å²) in [5, 5.41) is 5.60. The molecule has 1 N–H and O–H groups in total. The fraction of sp³-hybridized carbons (Fsp3) is 0.417. The molecule has 0 amide bonds. The van der Waals surface area contributed by atoms with E-state index < -0.39 is 0 Å². The lowest BCUT2D eigenvalue weighted by molar-refractivity contribution is 0.546. The van der Waals surface area contributed by atoms with Crippen molar-refractivity contribution in [2.45, 2.75) is 33.0 Å². The van der Waals surface area contributed by atoms with Gasteiger partial charge in [-0.3, -0.25) is 0 Å². The summed E-state index contributed by atoms with van der Waals surface area (Å²) in [7, 11) is 0. The summed E-state index contributed by atoms with van der Waals surface area (Å²) in [5.41, 5.74) is 0. The highest BCUT2D eigenvalue weighted by Crippen LogP contribution is 2.18. The zero-order valence-electron chi connectivity index (χ0n) is 9.68. The van der Waals surface area contributed by atoms with E-state index in [1.165, 1.54) is 4.88 Å². The van der Waals surface area contributed by atoms with E-state index in [0.717, 1.165) is 18.9 Å². The van der Waals surface area contributed by atoms with Gasteiger partial charge in [-0.25, -0.2) is 4.98 Å². The molecule has 0 aliphatic heterocycles. The highest BCUT2D eigenvalue weighted by atomic mass is 32.1. The highest BCUT2D eigenvalue weighted by molar-refractivity contribution is 7.10. The molecule has 2 rings (SSSR count). The van der Waals surface area contributed by atoms with Crippen molar-refractivity contribution in [1.82, 2.24) is 14.9 Å². The van der Waals surface area contributed by atoms with Crippen LogP contribution in [0.15, 0.2) is 29.9 Å². The standard InChI is InChI=1S/C12H17N3S/c1-3-15-7-6-13-12(15)9-14-10(2)11-5-4-8-16-11/h4-8,10,14H,3,9H2,1-2H3/t10-/m0/s1. The molecule has 3 nitrogen and oxygen atoms in total.